The Kier molecular flexibility index (Phi) is 4.67. The van der Waals surface area contributed by atoms with Gasteiger partial charge >= 0.3 is 0 Å². The Bertz CT molecular complexity index is 1810. The molecular weight excluding hydrogens is 506 g/mol. The third kappa shape index (κ3) is 3.23. The zero-order valence-corrected chi connectivity index (χ0v) is 21.7. The fourth-order valence-electron chi connectivity index (χ4n) is 5.80. The van der Waals surface area contributed by atoms with E-state index < -0.39 is 0 Å². The average Bonchev–Trinajstić information content (AvgIpc) is 3.26. The summed E-state index contributed by atoms with van der Waals surface area (Å²) in [5.41, 5.74) is 11.5. The highest BCUT2D eigenvalue weighted by Crippen LogP contribution is 2.49. The highest BCUT2D eigenvalue weighted by Gasteiger charge is 2.34. The van der Waals surface area contributed by atoms with Crippen molar-refractivity contribution in [2.24, 2.45) is 0 Å². The number of para-hydroxylation sites is 2. The van der Waals surface area contributed by atoms with Crippen LogP contribution >= 0.6 is 15.9 Å². The van der Waals surface area contributed by atoms with E-state index in [0.717, 1.165) is 26.4 Å². The predicted octanol–water partition coefficient (Wildman–Crippen LogP) is 10.1. The quantitative estimate of drug-likeness (QED) is 0.241. The summed E-state index contributed by atoms with van der Waals surface area (Å²) >= 11 is 3.81. The molecule has 1 aliphatic rings. The first-order valence-electron chi connectivity index (χ1n) is 12.2. The van der Waals surface area contributed by atoms with Gasteiger partial charge in [0, 0.05) is 32.0 Å². The maximum Gasteiger partial charge on any atom is 0.135 e. The van der Waals surface area contributed by atoms with Crippen molar-refractivity contribution < 1.29 is 4.42 Å². The predicted molar refractivity (Wildman–Crippen MR) is 154 cm³/mol. The van der Waals surface area contributed by atoms with E-state index in [1.54, 1.807) is 0 Å². The lowest BCUT2D eigenvalue weighted by Crippen LogP contribution is -2.26. The van der Waals surface area contributed by atoms with Gasteiger partial charge in [0.25, 0.3) is 0 Å². The zero-order chi connectivity index (χ0) is 24.4. The van der Waals surface area contributed by atoms with Crippen LogP contribution in [0.1, 0.15) is 25.0 Å². The van der Waals surface area contributed by atoms with Crippen molar-refractivity contribution in [1.82, 2.24) is 0 Å². The van der Waals surface area contributed by atoms with Gasteiger partial charge in [-0.05, 0) is 81.9 Å². The number of halogens is 1. The molecule has 1 aliphatic heterocycles. The van der Waals surface area contributed by atoms with Crippen LogP contribution in [0.3, 0.4) is 0 Å². The lowest BCUT2D eigenvalue weighted by atomic mass is 9.71. The number of furan rings is 1. The standard InChI is InChI=1S/C33H24BrNO/c1-33(2)27-10-4-5-11-28(27)35-29-12-7-9-24(32(29)33)22-16-21(17-23(34)18-22)20-14-15-31-26(19-20)25-8-3-6-13-30(25)36-31/h3-19,35H,1-2H3. The monoisotopic (exact) mass is 529 g/mol. The van der Waals surface area contributed by atoms with Gasteiger partial charge in [-0.3, -0.25) is 0 Å². The van der Waals surface area contributed by atoms with Crippen LogP contribution < -0.4 is 5.32 Å². The van der Waals surface area contributed by atoms with Crippen molar-refractivity contribution in [3.8, 4) is 22.3 Å². The number of benzene rings is 5. The third-order valence-electron chi connectivity index (χ3n) is 7.48. The number of rotatable bonds is 2. The Morgan fingerprint density at radius 1 is 0.639 bits per heavy atom. The average molecular weight is 530 g/mol. The first kappa shape index (κ1) is 21.5. The number of nitrogens with one attached hydrogen (secondary N) is 1. The molecule has 2 nitrogen and oxygen atoms in total. The van der Waals surface area contributed by atoms with E-state index in [0.29, 0.717) is 0 Å². The van der Waals surface area contributed by atoms with Crippen molar-refractivity contribution in [2.75, 3.05) is 5.32 Å². The first-order chi connectivity index (χ1) is 17.5. The van der Waals surface area contributed by atoms with Crippen LogP contribution in [-0.4, -0.2) is 0 Å². The lowest BCUT2D eigenvalue weighted by Gasteiger charge is -2.37. The van der Waals surface area contributed by atoms with E-state index in [9.17, 15) is 0 Å². The number of hydrogen-bond donors (Lipinski definition) is 1. The molecule has 0 saturated heterocycles. The molecule has 1 N–H and O–H groups in total. The summed E-state index contributed by atoms with van der Waals surface area (Å²) in [7, 11) is 0. The van der Waals surface area contributed by atoms with E-state index in [2.05, 4.69) is 126 Å². The maximum atomic E-state index is 6.06. The van der Waals surface area contributed by atoms with Crippen LogP contribution in [-0.2, 0) is 5.41 Å². The molecule has 0 saturated carbocycles. The second kappa shape index (κ2) is 7.84. The van der Waals surface area contributed by atoms with Gasteiger partial charge in [-0.2, -0.15) is 0 Å². The van der Waals surface area contributed by atoms with Gasteiger partial charge in [0.15, 0.2) is 0 Å². The summed E-state index contributed by atoms with van der Waals surface area (Å²) in [5.74, 6) is 0. The van der Waals surface area contributed by atoms with Crippen LogP contribution in [0.4, 0.5) is 11.4 Å². The second-order valence-corrected chi connectivity index (χ2v) is 11.0. The van der Waals surface area contributed by atoms with Crippen LogP contribution in [0.5, 0.6) is 0 Å². The van der Waals surface area contributed by atoms with Crippen LogP contribution in [0.15, 0.2) is 112 Å². The van der Waals surface area contributed by atoms with Crippen molar-refractivity contribution in [1.29, 1.82) is 0 Å². The molecule has 0 radical (unpaired) electrons. The van der Waals surface area contributed by atoms with Gasteiger partial charge in [-0.1, -0.05) is 84.4 Å². The summed E-state index contributed by atoms with van der Waals surface area (Å²) in [6.07, 6.45) is 0. The molecule has 0 atom stereocenters. The van der Waals surface area contributed by atoms with E-state index in [1.807, 2.05) is 12.1 Å². The molecular formula is C33H24BrNO. The van der Waals surface area contributed by atoms with Gasteiger partial charge in [-0.15, -0.1) is 0 Å². The number of hydrogen-bond acceptors (Lipinski definition) is 2. The van der Waals surface area contributed by atoms with E-state index in [4.69, 9.17) is 4.42 Å². The Hall–Kier alpha value is -3.82. The van der Waals surface area contributed by atoms with Gasteiger partial charge in [0.2, 0.25) is 0 Å². The van der Waals surface area contributed by atoms with Gasteiger partial charge in [0.1, 0.15) is 11.2 Å². The lowest BCUT2D eigenvalue weighted by molar-refractivity contribution is 0.640. The largest absolute Gasteiger partial charge is 0.456 e. The molecule has 0 spiro atoms. The van der Waals surface area contributed by atoms with Crippen molar-refractivity contribution in [3.63, 3.8) is 0 Å². The third-order valence-corrected chi connectivity index (χ3v) is 7.94. The van der Waals surface area contributed by atoms with Gasteiger partial charge in [-0.25, -0.2) is 0 Å². The molecule has 0 aliphatic carbocycles. The van der Waals surface area contributed by atoms with Crippen LogP contribution in [0, 0.1) is 0 Å². The fraction of sp³-hybridized carbons (Fsp3) is 0.0909. The Morgan fingerprint density at radius 3 is 2.31 bits per heavy atom. The fourth-order valence-corrected chi connectivity index (χ4v) is 6.30. The molecule has 174 valence electrons. The summed E-state index contributed by atoms with van der Waals surface area (Å²) in [5, 5.41) is 5.97. The molecule has 6 aromatic rings. The maximum absolute atomic E-state index is 6.06. The first-order valence-corrected chi connectivity index (χ1v) is 13.0. The Balaban J connectivity index is 1.40. The molecule has 7 rings (SSSR count). The van der Waals surface area contributed by atoms with Gasteiger partial charge in [0.05, 0.1) is 0 Å². The molecule has 0 amide bonds. The molecule has 1 aromatic heterocycles. The number of anilines is 2. The van der Waals surface area contributed by atoms with Crippen LogP contribution in [0.25, 0.3) is 44.2 Å². The minimum absolute atomic E-state index is 0.134. The number of fused-ring (bicyclic) bond motifs is 5. The van der Waals surface area contributed by atoms with E-state index >= 15 is 0 Å². The molecule has 0 unspecified atom stereocenters. The smallest absolute Gasteiger partial charge is 0.135 e. The summed E-state index contributed by atoms with van der Waals surface area (Å²) < 4.78 is 7.12. The summed E-state index contributed by atoms with van der Waals surface area (Å²) in [6, 6.07) is 36.6. The molecule has 0 bridgehead atoms. The minimum Gasteiger partial charge on any atom is -0.456 e. The molecule has 0 fully saturated rings. The SMILES string of the molecule is CC1(C)c2ccccc2Nc2cccc(-c3cc(Br)cc(-c4ccc5oc6ccccc6c5c4)c3)c21. The second-order valence-electron chi connectivity index (χ2n) is 10.1. The van der Waals surface area contributed by atoms with E-state index in [1.165, 1.54) is 44.8 Å². The van der Waals surface area contributed by atoms with E-state index in [-0.39, 0.29) is 5.41 Å². The Labute approximate surface area is 218 Å². The minimum atomic E-state index is -0.134. The van der Waals surface area contributed by atoms with Crippen LogP contribution in [0.2, 0.25) is 0 Å². The zero-order valence-electron chi connectivity index (χ0n) is 20.1. The molecule has 5 aromatic carbocycles. The molecule has 36 heavy (non-hydrogen) atoms. The highest BCUT2D eigenvalue weighted by molar-refractivity contribution is 9.10. The van der Waals surface area contributed by atoms with Gasteiger partial charge < -0.3 is 9.73 Å². The van der Waals surface area contributed by atoms with Crippen molar-refractivity contribution in [3.05, 3.63) is 119 Å². The molecule has 3 heteroatoms. The highest BCUT2D eigenvalue weighted by atomic mass is 79.9. The summed E-state index contributed by atoms with van der Waals surface area (Å²) in [6.45, 7) is 4.65. The normalized spacial score (nSPS) is 13.9. The summed E-state index contributed by atoms with van der Waals surface area (Å²) in [4.78, 5) is 0. The molecule has 2 heterocycles. The van der Waals surface area contributed by atoms with Crippen molar-refractivity contribution >= 4 is 49.2 Å². The van der Waals surface area contributed by atoms with Crippen molar-refractivity contribution in [2.45, 2.75) is 19.3 Å². The topological polar surface area (TPSA) is 25.2 Å². The Morgan fingerprint density at radius 2 is 1.39 bits per heavy atom.